The van der Waals surface area contributed by atoms with E-state index in [0.717, 1.165) is 32.6 Å². The van der Waals surface area contributed by atoms with Crippen molar-refractivity contribution in [2.75, 3.05) is 52.9 Å². The Morgan fingerprint density at radius 1 is 1.19 bits per heavy atom. The molecule has 26 heavy (non-hydrogen) atoms. The zero-order chi connectivity index (χ0) is 18.7. The highest BCUT2D eigenvalue weighted by molar-refractivity contribution is 6.30. The van der Waals surface area contributed by atoms with Crippen molar-refractivity contribution in [3.63, 3.8) is 0 Å². The lowest BCUT2D eigenvalue weighted by Gasteiger charge is -2.44. The Kier molecular flexibility index (Phi) is 6.20. The van der Waals surface area contributed by atoms with E-state index in [9.17, 15) is 15.0 Å². The minimum Gasteiger partial charge on any atom is -0.388 e. The van der Waals surface area contributed by atoms with Gasteiger partial charge in [-0.3, -0.25) is 9.69 Å². The first kappa shape index (κ1) is 19.6. The fraction of sp³-hybridized carbons (Fsp3) is 0.632. The molecule has 0 radical (unpaired) electrons. The number of halogens is 1. The second kappa shape index (κ2) is 8.23. The number of piperidine rings is 1. The number of likely N-dealkylation sites (tertiary alicyclic amines) is 1. The van der Waals surface area contributed by atoms with Crippen molar-refractivity contribution in [3.8, 4) is 0 Å². The fourth-order valence-electron chi connectivity index (χ4n) is 3.75. The maximum Gasteiger partial charge on any atom is 0.253 e. The summed E-state index contributed by atoms with van der Waals surface area (Å²) >= 11 is 5.87. The number of rotatable bonds is 3. The van der Waals surface area contributed by atoms with E-state index >= 15 is 0 Å². The Bertz CT molecular complexity index is 627. The molecule has 2 fully saturated rings. The lowest BCUT2D eigenvalue weighted by atomic mass is 9.87. The third kappa shape index (κ3) is 4.56. The van der Waals surface area contributed by atoms with Gasteiger partial charge in [-0.25, -0.2) is 0 Å². The van der Waals surface area contributed by atoms with E-state index < -0.39 is 11.7 Å². The topological polar surface area (TPSA) is 67.2 Å². The molecule has 2 aliphatic heterocycles. The van der Waals surface area contributed by atoms with E-state index in [2.05, 4.69) is 16.8 Å². The molecule has 0 unspecified atom stereocenters. The molecule has 0 saturated carbocycles. The molecule has 2 aliphatic rings. The Morgan fingerprint density at radius 2 is 1.92 bits per heavy atom. The van der Waals surface area contributed by atoms with Crippen LogP contribution in [0.1, 0.15) is 23.2 Å². The molecule has 3 rings (SSSR count). The van der Waals surface area contributed by atoms with Crippen LogP contribution < -0.4 is 0 Å². The van der Waals surface area contributed by atoms with Gasteiger partial charge in [-0.1, -0.05) is 11.6 Å². The Hall–Kier alpha value is -1.18. The smallest absolute Gasteiger partial charge is 0.253 e. The van der Waals surface area contributed by atoms with E-state index in [4.69, 9.17) is 11.6 Å². The summed E-state index contributed by atoms with van der Waals surface area (Å²) in [6, 6.07) is 6.74. The van der Waals surface area contributed by atoms with Crippen LogP contribution in [-0.2, 0) is 0 Å². The molecule has 2 heterocycles. The average molecular weight is 382 g/mol. The number of β-amino-alcohol motifs (C(OH)–C–C–N with tert-alkyl or cyclic N) is 2. The van der Waals surface area contributed by atoms with Gasteiger partial charge in [-0.15, -0.1) is 0 Å². The van der Waals surface area contributed by atoms with Crippen LogP contribution in [0.15, 0.2) is 24.3 Å². The van der Waals surface area contributed by atoms with Crippen LogP contribution in [0.3, 0.4) is 0 Å². The number of carbonyl (C=O) groups excluding carboxylic acids is 1. The molecule has 7 heteroatoms. The van der Waals surface area contributed by atoms with Gasteiger partial charge in [-0.2, -0.15) is 0 Å². The van der Waals surface area contributed by atoms with Crippen LogP contribution in [0, 0.1) is 0 Å². The van der Waals surface area contributed by atoms with E-state index in [1.807, 2.05) is 0 Å². The molecule has 2 saturated heterocycles. The number of hydrogen-bond donors (Lipinski definition) is 2. The first-order valence-electron chi connectivity index (χ1n) is 9.23. The van der Waals surface area contributed by atoms with Gasteiger partial charge in [0.15, 0.2) is 0 Å². The van der Waals surface area contributed by atoms with Gasteiger partial charge in [0.05, 0.1) is 0 Å². The zero-order valence-electron chi connectivity index (χ0n) is 15.3. The third-order valence-electron chi connectivity index (χ3n) is 5.52. The molecule has 2 atom stereocenters. The van der Waals surface area contributed by atoms with Crippen molar-refractivity contribution < 1.29 is 15.0 Å². The summed E-state index contributed by atoms with van der Waals surface area (Å²) in [5.74, 6) is -0.140. The maximum absolute atomic E-state index is 12.6. The van der Waals surface area contributed by atoms with Gasteiger partial charge in [0, 0.05) is 43.3 Å². The molecule has 1 amide bonds. The standard InChI is InChI=1S/C19H28ClN3O3/c1-21-8-2-9-22(12-11-21)14-19(26)7-10-23(13-17(19)24)18(25)15-3-5-16(20)6-4-15/h3-6,17,24,26H,2,7-14H2,1H3/t17-,19-/m0/s1. The van der Waals surface area contributed by atoms with Crippen LogP contribution in [0.2, 0.25) is 5.02 Å². The van der Waals surface area contributed by atoms with E-state index in [-0.39, 0.29) is 12.5 Å². The number of aliphatic hydroxyl groups is 2. The number of hydrogen-bond acceptors (Lipinski definition) is 5. The molecule has 1 aromatic rings. The minimum atomic E-state index is -1.17. The Morgan fingerprint density at radius 3 is 2.62 bits per heavy atom. The van der Waals surface area contributed by atoms with Gasteiger partial charge < -0.3 is 20.0 Å². The second-order valence-electron chi connectivity index (χ2n) is 7.56. The number of benzene rings is 1. The molecule has 0 bridgehead atoms. The van der Waals surface area contributed by atoms with E-state index in [0.29, 0.717) is 30.1 Å². The average Bonchev–Trinajstić information content (AvgIpc) is 2.82. The molecule has 0 spiro atoms. The van der Waals surface area contributed by atoms with Crippen LogP contribution in [0.4, 0.5) is 0 Å². The molecular formula is C19H28ClN3O3. The quantitative estimate of drug-likeness (QED) is 0.814. The third-order valence-corrected chi connectivity index (χ3v) is 5.77. The summed E-state index contributed by atoms with van der Waals surface area (Å²) in [5, 5.41) is 22.2. The minimum absolute atomic E-state index is 0.140. The number of nitrogens with zero attached hydrogens (tertiary/aromatic N) is 3. The van der Waals surface area contributed by atoms with Crippen LogP contribution in [0.5, 0.6) is 0 Å². The van der Waals surface area contributed by atoms with Crippen LogP contribution >= 0.6 is 11.6 Å². The Labute approximate surface area is 159 Å². The zero-order valence-corrected chi connectivity index (χ0v) is 16.0. The predicted molar refractivity (Wildman–Crippen MR) is 101 cm³/mol. The highest BCUT2D eigenvalue weighted by Gasteiger charge is 2.43. The fourth-order valence-corrected chi connectivity index (χ4v) is 3.88. The second-order valence-corrected chi connectivity index (χ2v) is 8.00. The van der Waals surface area contributed by atoms with Crippen molar-refractivity contribution >= 4 is 17.5 Å². The summed E-state index contributed by atoms with van der Waals surface area (Å²) in [6.45, 7) is 4.86. The Balaban J connectivity index is 1.60. The van der Waals surface area contributed by atoms with Crippen molar-refractivity contribution in [1.82, 2.24) is 14.7 Å². The van der Waals surface area contributed by atoms with Crippen LogP contribution in [-0.4, -0.2) is 95.4 Å². The summed E-state index contributed by atoms with van der Waals surface area (Å²) in [7, 11) is 2.11. The monoisotopic (exact) mass is 381 g/mol. The number of aliphatic hydroxyl groups excluding tert-OH is 1. The van der Waals surface area contributed by atoms with Gasteiger partial charge in [-0.05, 0) is 57.2 Å². The van der Waals surface area contributed by atoms with Gasteiger partial charge in [0.1, 0.15) is 11.7 Å². The molecular weight excluding hydrogens is 354 g/mol. The largest absolute Gasteiger partial charge is 0.388 e. The lowest BCUT2D eigenvalue weighted by Crippen LogP contribution is -2.61. The van der Waals surface area contributed by atoms with E-state index in [1.165, 1.54) is 0 Å². The van der Waals surface area contributed by atoms with Crippen molar-refractivity contribution in [3.05, 3.63) is 34.9 Å². The SMILES string of the molecule is CN1CCCN(C[C@@]2(O)CCN(C(=O)c3ccc(Cl)cc3)C[C@@H]2O)CC1. The van der Waals surface area contributed by atoms with Crippen molar-refractivity contribution in [2.45, 2.75) is 24.5 Å². The summed E-state index contributed by atoms with van der Waals surface area (Å²) in [6.07, 6.45) is 0.484. The molecule has 0 aromatic heterocycles. The number of amides is 1. The first-order valence-corrected chi connectivity index (χ1v) is 9.61. The summed E-state index contributed by atoms with van der Waals surface area (Å²) in [5.41, 5.74) is -0.623. The predicted octanol–water partition coefficient (Wildman–Crippen LogP) is 0.915. The summed E-state index contributed by atoms with van der Waals surface area (Å²) in [4.78, 5) is 18.7. The van der Waals surface area contributed by atoms with Crippen LogP contribution in [0.25, 0.3) is 0 Å². The van der Waals surface area contributed by atoms with Crippen molar-refractivity contribution in [1.29, 1.82) is 0 Å². The molecule has 1 aromatic carbocycles. The maximum atomic E-state index is 12.6. The van der Waals surface area contributed by atoms with Crippen molar-refractivity contribution in [2.24, 2.45) is 0 Å². The van der Waals surface area contributed by atoms with E-state index in [1.54, 1.807) is 29.2 Å². The highest BCUT2D eigenvalue weighted by Crippen LogP contribution is 2.26. The number of carbonyl (C=O) groups is 1. The molecule has 6 nitrogen and oxygen atoms in total. The molecule has 0 aliphatic carbocycles. The lowest BCUT2D eigenvalue weighted by molar-refractivity contribution is -0.125. The molecule has 144 valence electrons. The normalized spacial score (nSPS) is 28.8. The van der Waals surface area contributed by atoms with Gasteiger partial charge in [0.2, 0.25) is 0 Å². The highest BCUT2D eigenvalue weighted by atomic mass is 35.5. The molecule has 2 N–H and O–H groups in total. The summed E-state index contributed by atoms with van der Waals surface area (Å²) < 4.78 is 0. The van der Waals surface area contributed by atoms with Gasteiger partial charge in [0.25, 0.3) is 5.91 Å². The van der Waals surface area contributed by atoms with Gasteiger partial charge >= 0.3 is 0 Å². The first-order chi connectivity index (χ1) is 12.4. The number of likely N-dealkylation sites (N-methyl/N-ethyl adjacent to an activating group) is 1.